The lowest BCUT2D eigenvalue weighted by Crippen LogP contribution is -2.15. The van der Waals surface area contributed by atoms with Gasteiger partial charge in [-0.1, -0.05) is 0 Å². The Hall–Kier alpha value is -1.30. The van der Waals surface area contributed by atoms with Crippen molar-refractivity contribution in [1.29, 1.82) is 0 Å². The van der Waals surface area contributed by atoms with Gasteiger partial charge in [-0.2, -0.15) is 13.2 Å². The first-order chi connectivity index (χ1) is 5.91. The van der Waals surface area contributed by atoms with E-state index >= 15 is 0 Å². The van der Waals surface area contributed by atoms with E-state index in [9.17, 15) is 18.0 Å². The summed E-state index contributed by atoms with van der Waals surface area (Å²) < 4.78 is 36.2. The first-order valence-electron chi connectivity index (χ1n) is 3.24. The molecule has 1 amide bonds. The third kappa shape index (κ3) is 2.88. The zero-order chi connectivity index (χ0) is 10.1. The number of halogens is 4. The summed E-state index contributed by atoms with van der Waals surface area (Å²) in [6.45, 7) is 0. The first-order valence-corrected chi connectivity index (χ1v) is 3.24. The summed E-state index contributed by atoms with van der Waals surface area (Å²) in [7, 11) is 0. The molecule has 0 aliphatic carbocycles. The number of rotatable bonds is 1. The summed E-state index contributed by atoms with van der Waals surface area (Å²) in [4.78, 5) is 13.9. The van der Waals surface area contributed by atoms with E-state index in [4.69, 9.17) is 5.73 Å². The van der Waals surface area contributed by atoms with Crippen molar-refractivity contribution in [2.75, 3.05) is 0 Å². The van der Waals surface area contributed by atoms with Crippen LogP contribution < -0.4 is 5.73 Å². The Morgan fingerprint density at radius 1 is 1.43 bits per heavy atom. The highest BCUT2D eigenvalue weighted by Gasteiger charge is 2.30. The van der Waals surface area contributed by atoms with Crippen LogP contribution in [0.4, 0.5) is 13.2 Å². The van der Waals surface area contributed by atoms with E-state index in [0.717, 1.165) is 12.3 Å². The lowest BCUT2D eigenvalue weighted by atomic mass is 10.2. The summed E-state index contributed by atoms with van der Waals surface area (Å²) in [5, 5.41) is 0. The van der Waals surface area contributed by atoms with Gasteiger partial charge >= 0.3 is 6.18 Å². The van der Waals surface area contributed by atoms with Crippen molar-refractivity contribution in [3.63, 3.8) is 0 Å². The second-order valence-electron chi connectivity index (χ2n) is 2.29. The number of primary amides is 1. The minimum Gasteiger partial charge on any atom is -0.364 e. The normalized spacial score (nSPS) is 10.5. The lowest BCUT2D eigenvalue weighted by molar-refractivity contribution is -0.137. The summed E-state index contributed by atoms with van der Waals surface area (Å²) in [6.07, 6.45) is -3.59. The standard InChI is InChI=1S/C7H5F3N2O.ClH/c8-7(9,10)4-1-2-12-5(3-4)6(11)13;/h1-3H,(H2,11,13);1H. The molecule has 1 rings (SSSR count). The molecule has 0 spiro atoms. The van der Waals surface area contributed by atoms with Crippen LogP contribution in [0.2, 0.25) is 0 Å². The van der Waals surface area contributed by atoms with Gasteiger partial charge in [0, 0.05) is 6.20 Å². The molecule has 3 nitrogen and oxygen atoms in total. The topological polar surface area (TPSA) is 56.0 Å². The molecular formula is C7H6ClF3N2O. The summed E-state index contributed by atoms with van der Waals surface area (Å²) >= 11 is 0. The van der Waals surface area contributed by atoms with Crippen LogP contribution >= 0.6 is 12.4 Å². The third-order valence-corrected chi connectivity index (χ3v) is 1.34. The van der Waals surface area contributed by atoms with Gasteiger partial charge in [0.15, 0.2) is 0 Å². The number of pyridine rings is 1. The molecule has 0 fully saturated rings. The van der Waals surface area contributed by atoms with Crippen molar-refractivity contribution < 1.29 is 18.0 Å². The Morgan fingerprint density at radius 2 is 2.00 bits per heavy atom. The van der Waals surface area contributed by atoms with Gasteiger partial charge in [-0.05, 0) is 12.1 Å². The quantitative estimate of drug-likeness (QED) is 0.791. The monoisotopic (exact) mass is 226 g/mol. The van der Waals surface area contributed by atoms with E-state index in [2.05, 4.69) is 4.98 Å². The van der Waals surface area contributed by atoms with Gasteiger partial charge in [-0.3, -0.25) is 9.78 Å². The van der Waals surface area contributed by atoms with E-state index in [1.54, 1.807) is 0 Å². The highest BCUT2D eigenvalue weighted by atomic mass is 35.5. The molecule has 1 heterocycles. The molecule has 0 aliphatic heterocycles. The summed E-state index contributed by atoms with van der Waals surface area (Å²) in [5.41, 5.74) is 3.43. The number of carbonyl (C=O) groups excluding carboxylic acids is 1. The Bertz CT molecular complexity index is 340. The van der Waals surface area contributed by atoms with Crippen molar-refractivity contribution in [2.45, 2.75) is 6.18 Å². The van der Waals surface area contributed by atoms with Gasteiger partial charge in [0.1, 0.15) is 5.69 Å². The molecule has 0 aliphatic rings. The zero-order valence-electron chi connectivity index (χ0n) is 6.71. The molecule has 78 valence electrons. The van der Waals surface area contributed by atoms with Crippen LogP contribution in [-0.2, 0) is 6.18 Å². The third-order valence-electron chi connectivity index (χ3n) is 1.34. The van der Waals surface area contributed by atoms with Crippen molar-refractivity contribution in [3.05, 3.63) is 29.6 Å². The van der Waals surface area contributed by atoms with Crippen LogP contribution in [0.15, 0.2) is 18.3 Å². The van der Waals surface area contributed by atoms with E-state index in [1.807, 2.05) is 0 Å². The average molecular weight is 227 g/mol. The average Bonchev–Trinajstić information content (AvgIpc) is 2.03. The van der Waals surface area contributed by atoms with Crippen LogP contribution in [0.25, 0.3) is 0 Å². The molecule has 2 N–H and O–H groups in total. The van der Waals surface area contributed by atoms with Crippen LogP contribution in [0.1, 0.15) is 16.1 Å². The second-order valence-corrected chi connectivity index (χ2v) is 2.29. The number of nitrogens with zero attached hydrogens (tertiary/aromatic N) is 1. The first kappa shape index (κ1) is 12.7. The Balaban J connectivity index is 0.00000169. The van der Waals surface area contributed by atoms with Gasteiger partial charge in [-0.25, -0.2) is 0 Å². The number of aromatic nitrogens is 1. The highest BCUT2D eigenvalue weighted by molar-refractivity contribution is 5.90. The van der Waals surface area contributed by atoms with Crippen molar-refractivity contribution in [3.8, 4) is 0 Å². The summed E-state index contributed by atoms with van der Waals surface area (Å²) in [6, 6.07) is 1.38. The minimum atomic E-state index is -4.48. The number of amides is 1. The molecule has 1 aromatic heterocycles. The number of hydrogen-bond acceptors (Lipinski definition) is 2. The fourth-order valence-electron chi connectivity index (χ4n) is 0.742. The maximum atomic E-state index is 12.1. The van der Waals surface area contributed by atoms with E-state index < -0.39 is 23.3 Å². The van der Waals surface area contributed by atoms with Crippen LogP contribution in [0, 0.1) is 0 Å². The molecule has 0 atom stereocenters. The van der Waals surface area contributed by atoms with Crippen LogP contribution in [0.3, 0.4) is 0 Å². The summed E-state index contributed by atoms with van der Waals surface area (Å²) in [5.74, 6) is -0.980. The van der Waals surface area contributed by atoms with Gasteiger partial charge in [0.2, 0.25) is 0 Å². The molecule has 1 aromatic rings. The fraction of sp³-hybridized carbons (Fsp3) is 0.143. The van der Waals surface area contributed by atoms with Crippen molar-refractivity contribution in [1.82, 2.24) is 4.98 Å². The Morgan fingerprint density at radius 3 is 2.43 bits per heavy atom. The smallest absolute Gasteiger partial charge is 0.364 e. The SMILES string of the molecule is Cl.NC(=O)c1cc(C(F)(F)F)ccn1. The van der Waals surface area contributed by atoms with Gasteiger partial charge in [-0.15, -0.1) is 12.4 Å². The molecule has 0 bridgehead atoms. The molecule has 0 radical (unpaired) electrons. The molecular weight excluding hydrogens is 221 g/mol. The number of alkyl halides is 3. The van der Waals surface area contributed by atoms with Crippen LogP contribution in [0.5, 0.6) is 0 Å². The van der Waals surface area contributed by atoms with Crippen LogP contribution in [-0.4, -0.2) is 10.9 Å². The van der Waals surface area contributed by atoms with Gasteiger partial charge < -0.3 is 5.73 Å². The van der Waals surface area contributed by atoms with Crippen molar-refractivity contribution >= 4 is 18.3 Å². The number of carbonyl (C=O) groups is 1. The minimum absolute atomic E-state index is 0. The Labute approximate surface area is 83.5 Å². The molecule has 0 saturated heterocycles. The predicted octanol–water partition coefficient (Wildman–Crippen LogP) is 1.62. The maximum absolute atomic E-state index is 12.1. The molecule has 14 heavy (non-hydrogen) atoms. The fourth-order valence-corrected chi connectivity index (χ4v) is 0.742. The Kier molecular flexibility index (Phi) is 3.88. The van der Waals surface area contributed by atoms with Gasteiger partial charge in [0.05, 0.1) is 5.56 Å². The maximum Gasteiger partial charge on any atom is 0.416 e. The van der Waals surface area contributed by atoms with E-state index in [-0.39, 0.29) is 12.4 Å². The molecule has 0 aromatic carbocycles. The van der Waals surface area contributed by atoms with Gasteiger partial charge in [0.25, 0.3) is 5.91 Å². The lowest BCUT2D eigenvalue weighted by Gasteiger charge is -2.05. The molecule has 0 unspecified atom stereocenters. The highest BCUT2D eigenvalue weighted by Crippen LogP contribution is 2.28. The molecule has 0 saturated carbocycles. The number of hydrogen-bond donors (Lipinski definition) is 1. The van der Waals surface area contributed by atoms with E-state index in [1.165, 1.54) is 0 Å². The number of nitrogens with two attached hydrogens (primary N) is 1. The molecule has 7 heteroatoms. The van der Waals surface area contributed by atoms with E-state index in [0.29, 0.717) is 6.07 Å². The predicted molar refractivity (Wildman–Crippen MR) is 45.0 cm³/mol. The van der Waals surface area contributed by atoms with Crippen molar-refractivity contribution in [2.24, 2.45) is 5.73 Å². The zero-order valence-corrected chi connectivity index (χ0v) is 7.52. The second kappa shape index (κ2) is 4.28. The largest absolute Gasteiger partial charge is 0.416 e.